The number of rotatable bonds is 3. The van der Waals surface area contributed by atoms with E-state index in [2.05, 4.69) is 42.6 Å². The normalized spacial score (nSPS) is 12.0. The van der Waals surface area contributed by atoms with Crippen LogP contribution in [0.4, 0.5) is 0 Å². The Kier molecular flexibility index (Phi) is 3.09. The van der Waals surface area contributed by atoms with E-state index >= 15 is 0 Å². The van der Waals surface area contributed by atoms with Crippen molar-refractivity contribution in [2.24, 2.45) is 0 Å². The van der Waals surface area contributed by atoms with Gasteiger partial charge in [0.05, 0.1) is 12.0 Å². The summed E-state index contributed by atoms with van der Waals surface area (Å²) in [7, 11) is 0. The van der Waals surface area contributed by atoms with Crippen LogP contribution < -0.4 is 5.32 Å². The third kappa shape index (κ3) is 3.19. The molecule has 0 fully saturated rings. The van der Waals surface area contributed by atoms with Crippen molar-refractivity contribution in [3.63, 3.8) is 0 Å². The third-order valence-corrected chi connectivity index (χ3v) is 1.94. The first kappa shape index (κ1) is 10.3. The van der Waals surface area contributed by atoms with Crippen molar-refractivity contribution in [1.82, 2.24) is 14.9 Å². The second kappa shape index (κ2) is 3.92. The van der Waals surface area contributed by atoms with Gasteiger partial charge >= 0.3 is 0 Å². The van der Waals surface area contributed by atoms with Gasteiger partial charge in [0.1, 0.15) is 0 Å². The largest absolute Gasteiger partial charge is 0.334 e. The maximum absolute atomic E-state index is 4.12. The van der Waals surface area contributed by atoms with E-state index in [0.717, 1.165) is 13.1 Å². The van der Waals surface area contributed by atoms with Crippen LogP contribution in [0.3, 0.4) is 0 Å². The molecule has 1 aromatic heterocycles. The number of aryl methyl sites for hydroxylation is 1. The average molecular weight is 181 g/mol. The molecule has 0 bridgehead atoms. The molecule has 0 aliphatic carbocycles. The lowest BCUT2D eigenvalue weighted by atomic mass is 10.1. The van der Waals surface area contributed by atoms with Gasteiger partial charge in [-0.05, 0) is 27.7 Å². The highest BCUT2D eigenvalue weighted by atomic mass is 15.1. The summed E-state index contributed by atoms with van der Waals surface area (Å²) < 4.78 is 2.15. The molecule has 0 aliphatic heterocycles. The number of nitrogens with zero attached hydrogens (tertiary/aromatic N) is 2. The van der Waals surface area contributed by atoms with E-state index in [1.165, 1.54) is 5.69 Å². The van der Waals surface area contributed by atoms with E-state index in [1.807, 2.05) is 12.5 Å². The zero-order chi connectivity index (χ0) is 9.90. The van der Waals surface area contributed by atoms with Crippen LogP contribution in [-0.4, -0.2) is 15.1 Å². The molecule has 1 N–H and O–H groups in total. The lowest BCUT2D eigenvalue weighted by Gasteiger charge is -2.20. The number of nitrogens with one attached hydrogen (secondary N) is 1. The van der Waals surface area contributed by atoms with Gasteiger partial charge in [-0.2, -0.15) is 0 Å². The van der Waals surface area contributed by atoms with E-state index < -0.39 is 0 Å². The maximum atomic E-state index is 4.12. The van der Waals surface area contributed by atoms with Crippen LogP contribution in [0.2, 0.25) is 0 Å². The van der Waals surface area contributed by atoms with Gasteiger partial charge in [0.25, 0.3) is 0 Å². The topological polar surface area (TPSA) is 29.9 Å². The average Bonchev–Trinajstić information content (AvgIpc) is 2.46. The summed E-state index contributed by atoms with van der Waals surface area (Å²) in [4.78, 5) is 4.12. The molecular weight excluding hydrogens is 162 g/mol. The summed E-state index contributed by atoms with van der Waals surface area (Å²) in [5.41, 5.74) is 1.42. The Labute approximate surface area is 80.2 Å². The molecule has 0 saturated carbocycles. The van der Waals surface area contributed by atoms with Gasteiger partial charge in [-0.25, -0.2) is 4.98 Å². The standard InChI is InChI=1S/C10H19N3/c1-5-13-8-11-6-9(13)7-12-10(2,3)4/h6,8,12H,5,7H2,1-4H3. The molecule has 13 heavy (non-hydrogen) atoms. The molecule has 0 spiro atoms. The van der Waals surface area contributed by atoms with Crippen molar-refractivity contribution in [1.29, 1.82) is 0 Å². The zero-order valence-corrected chi connectivity index (χ0v) is 8.96. The zero-order valence-electron chi connectivity index (χ0n) is 8.96. The van der Waals surface area contributed by atoms with Crippen molar-refractivity contribution < 1.29 is 0 Å². The number of hydrogen-bond donors (Lipinski definition) is 1. The SMILES string of the molecule is CCn1cncc1CNC(C)(C)C. The van der Waals surface area contributed by atoms with Gasteiger partial charge < -0.3 is 9.88 Å². The number of hydrogen-bond acceptors (Lipinski definition) is 2. The predicted octanol–water partition coefficient (Wildman–Crippen LogP) is 1.79. The second-order valence-corrected chi connectivity index (χ2v) is 4.27. The molecule has 3 heteroatoms. The molecule has 0 saturated heterocycles. The van der Waals surface area contributed by atoms with Gasteiger partial charge in [-0.15, -0.1) is 0 Å². The fourth-order valence-corrected chi connectivity index (χ4v) is 1.14. The van der Waals surface area contributed by atoms with Crippen LogP contribution in [0.1, 0.15) is 33.4 Å². The lowest BCUT2D eigenvalue weighted by molar-refractivity contribution is 0.416. The van der Waals surface area contributed by atoms with Crippen LogP contribution >= 0.6 is 0 Å². The summed E-state index contributed by atoms with van der Waals surface area (Å²) in [6.45, 7) is 10.5. The predicted molar refractivity (Wildman–Crippen MR) is 54.5 cm³/mol. The van der Waals surface area contributed by atoms with Crippen molar-refractivity contribution in [2.75, 3.05) is 0 Å². The molecule has 1 aromatic rings. The van der Waals surface area contributed by atoms with Crippen LogP contribution in [-0.2, 0) is 13.1 Å². The van der Waals surface area contributed by atoms with Crippen molar-refractivity contribution in [3.8, 4) is 0 Å². The van der Waals surface area contributed by atoms with E-state index in [9.17, 15) is 0 Å². The Bertz CT molecular complexity index is 257. The second-order valence-electron chi connectivity index (χ2n) is 4.27. The molecule has 74 valence electrons. The fraction of sp³-hybridized carbons (Fsp3) is 0.700. The molecule has 0 aromatic carbocycles. The molecular formula is C10H19N3. The van der Waals surface area contributed by atoms with E-state index in [0.29, 0.717) is 0 Å². The molecule has 0 amide bonds. The molecule has 0 radical (unpaired) electrons. The summed E-state index contributed by atoms with van der Waals surface area (Å²) in [5, 5.41) is 3.44. The molecule has 1 rings (SSSR count). The summed E-state index contributed by atoms with van der Waals surface area (Å²) in [6, 6.07) is 0. The van der Waals surface area contributed by atoms with E-state index in [4.69, 9.17) is 0 Å². The summed E-state index contributed by atoms with van der Waals surface area (Å²) >= 11 is 0. The van der Waals surface area contributed by atoms with Crippen molar-refractivity contribution in [3.05, 3.63) is 18.2 Å². The molecule has 1 heterocycles. The summed E-state index contributed by atoms with van der Waals surface area (Å²) in [5.74, 6) is 0. The van der Waals surface area contributed by atoms with Gasteiger partial charge in [0, 0.05) is 24.8 Å². The molecule has 0 unspecified atom stereocenters. The van der Waals surface area contributed by atoms with Gasteiger partial charge in [-0.3, -0.25) is 0 Å². The fourth-order valence-electron chi connectivity index (χ4n) is 1.14. The Morgan fingerprint density at radius 1 is 1.46 bits per heavy atom. The first-order valence-corrected chi connectivity index (χ1v) is 4.77. The Balaban J connectivity index is 2.54. The summed E-state index contributed by atoms with van der Waals surface area (Å²) in [6.07, 6.45) is 3.79. The van der Waals surface area contributed by atoms with Crippen LogP contribution in [0.25, 0.3) is 0 Å². The monoisotopic (exact) mass is 181 g/mol. The number of imidazole rings is 1. The maximum Gasteiger partial charge on any atom is 0.0948 e. The minimum Gasteiger partial charge on any atom is -0.334 e. The molecule has 0 atom stereocenters. The van der Waals surface area contributed by atoms with Gasteiger partial charge in [0.15, 0.2) is 0 Å². The van der Waals surface area contributed by atoms with Crippen molar-refractivity contribution in [2.45, 2.75) is 46.3 Å². The first-order chi connectivity index (χ1) is 6.03. The van der Waals surface area contributed by atoms with E-state index in [-0.39, 0.29) is 5.54 Å². The molecule has 3 nitrogen and oxygen atoms in total. The van der Waals surface area contributed by atoms with Crippen LogP contribution in [0, 0.1) is 0 Å². The highest BCUT2D eigenvalue weighted by Gasteiger charge is 2.09. The first-order valence-electron chi connectivity index (χ1n) is 4.77. The minimum atomic E-state index is 0.169. The quantitative estimate of drug-likeness (QED) is 0.770. The Hall–Kier alpha value is -0.830. The van der Waals surface area contributed by atoms with Gasteiger partial charge in [-0.1, -0.05) is 0 Å². The number of aromatic nitrogens is 2. The minimum absolute atomic E-state index is 0.169. The Morgan fingerprint density at radius 3 is 2.69 bits per heavy atom. The van der Waals surface area contributed by atoms with Crippen LogP contribution in [0.15, 0.2) is 12.5 Å². The highest BCUT2D eigenvalue weighted by Crippen LogP contribution is 2.03. The lowest BCUT2D eigenvalue weighted by Crippen LogP contribution is -2.35. The van der Waals surface area contributed by atoms with Crippen LogP contribution in [0.5, 0.6) is 0 Å². The van der Waals surface area contributed by atoms with Gasteiger partial charge in [0.2, 0.25) is 0 Å². The third-order valence-electron chi connectivity index (χ3n) is 1.94. The highest BCUT2D eigenvalue weighted by molar-refractivity contribution is 4.98. The van der Waals surface area contributed by atoms with Crippen molar-refractivity contribution >= 4 is 0 Å². The Morgan fingerprint density at radius 2 is 2.15 bits per heavy atom. The smallest absolute Gasteiger partial charge is 0.0948 e. The molecule has 0 aliphatic rings. The van der Waals surface area contributed by atoms with E-state index in [1.54, 1.807) is 0 Å².